The normalized spacial score (nSPS) is 20.7. The minimum Gasteiger partial charge on any atom is -0.468 e. The van der Waals surface area contributed by atoms with Crippen LogP contribution in [0.1, 0.15) is 30.5 Å². The number of carbonyl (C=O) groups is 2. The van der Waals surface area contributed by atoms with Crippen molar-refractivity contribution in [2.75, 3.05) is 26.7 Å². The second kappa shape index (κ2) is 7.58. The third-order valence-electron chi connectivity index (χ3n) is 5.75. The molecule has 1 N–H and O–H groups in total. The van der Waals surface area contributed by atoms with Crippen LogP contribution in [0.4, 0.5) is 4.79 Å². The summed E-state index contributed by atoms with van der Waals surface area (Å²) in [5.41, 5.74) is 3.11. The van der Waals surface area contributed by atoms with E-state index in [4.69, 9.17) is 4.98 Å². The smallest absolute Gasteiger partial charge is 0.325 e. The van der Waals surface area contributed by atoms with Gasteiger partial charge < -0.3 is 15.0 Å². The standard InChI is InChI=1S/C21H24N4O3/c1-28-17(26)13-23-20(27)25-11-5-9-21(14-25)10-8-16-12-22-19(24-18(16)21)15-6-3-2-4-7-15/h2-4,6-7,12H,5,8-11,13-14H2,1H3,(H,23,27). The molecular weight excluding hydrogens is 356 g/mol. The van der Waals surface area contributed by atoms with Crippen LogP contribution in [0.15, 0.2) is 36.5 Å². The van der Waals surface area contributed by atoms with Crippen molar-refractivity contribution in [1.82, 2.24) is 20.2 Å². The van der Waals surface area contributed by atoms with Crippen LogP contribution >= 0.6 is 0 Å². The van der Waals surface area contributed by atoms with Crippen LogP contribution in [0.25, 0.3) is 11.4 Å². The van der Waals surface area contributed by atoms with Crippen molar-refractivity contribution in [2.24, 2.45) is 0 Å². The maximum atomic E-state index is 12.5. The van der Waals surface area contributed by atoms with Crippen molar-refractivity contribution < 1.29 is 14.3 Å². The highest BCUT2D eigenvalue weighted by Crippen LogP contribution is 2.44. The van der Waals surface area contributed by atoms with E-state index in [1.54, 1.807) is 4.90 Å². The van der Waals surface area contributed by atoms with E-state index < -0.39 is 5.97 Å². The second-order valence-corrected chi connectivity index (χ2v) is 7.47. The number of hydrogen-bond donors (Lipinski definition) is 1. The molecular formula is C21H24N4O3. The predicted molar refractivity (Wildman–Crippen MR) is 104 cm³/mol. The Labute approximate surface area is 164 Å². The summed E-state index contributed by atoms with van der Waals surface area (Å²) in [4.78, 5) is 35.1. The van der Waals surface area contributed by atoms with E-state index in [2.05, 4.69) is 15.0 Å². The molecule has 1 aromatic carbocycles. The quantitative estimate of drug-likeness (QED) is 0.826. The first-order chi connectivity index (χ1) is 13.6. The molecule has 4 rings (SSSR count). The summed E-state index contributed by atoms with van der Waals surface area (Å²) in [5, 5.41) is 2.65. The molecule has 1 atom stereocenters. The lowest BCUT2D eigenvalue weighted by atomic mass is 9.77. The van der Waals surface area contributed by atoms with Crippen molar-refractivity contribution >= 4 is 12.0 Å². The van der Waals surface area contributed by atoms with E-state index in [0.29, 0.717) is 13.1 Å². The maximum absolute atomic E-state index is 12.5. The summed E-state index contributed by atoms with van der Waals surface area (Å²) < 4.78 is 4.59. The molecule has 1 spiro atoms. The van der Waals surface area contributed by atoms with Gasteiger partial charge in [0.15, 0.2) is 5.82 Å². The van der Waals surface area contributed by atoms with Gasteiger partial charge in [-0.25, -0.2) is 14.8 Å². The molecule has 1 aliphatic heterocycles. The number of fused-ring (bicyclic) bond motifs is 2. The first kappa shape index (κ1) is 18.4. The van der Waals surface area contributed by atoms with Gasteiger partial charge in [-0.2, -0.15) is 0 Å². The second-order valence-electron chi connectivity index (χ2n) is 7.47. The van der Waals surface area contributed by atoms with E-state index in [-0.39, 0.29) is 18.0 Å². The molecule has 2 heterocycles. The minimum atomic E-state index is -0.452. The number of carbonyl (C=O) groups excluding carboxylic acids is 2. The SMILES string of the molecule is COC(=O)CNC(=O)N1CCCC2(CCc3cnc(-c4ccccc4)nc32)C1. The molecule has 7 heteroatoms. The molecule has 0 bridgehead atoms. The Hall–Kier alpha value is -2.96. The molecule has 0 saturated carbocycles. The number of esters is 1. The van der Waals surface area contributed by atoms with Gasteiger partial charge >= 0.3 is 12.0 Å². The molecule has 1 fully saturated rings. The zero-order valence-corrected chi connectivity index (χ0v) is 16.0. The first-order valence-corrected chi connectivity index (χ1v) is 9.63. The molecule has 2 aromatic rings. The van der Waals surface area contributed by atoms with Crippen molar-refractivity contribution in [2.45, 2.75) is 31.1 Å². The van der Waals surface area contributed by atoms with Gasteiger partial charge in [-0.1, -0.05) is 30.3 Å². The Morgan fingerprint density at radius 2 is 2.07 bits per heavy atom. The number of hydrogen-bond acceptors (Lipinski definition) is 5. The number of methoxy groups -OCH3 is 1. The van der Waals surface area contributed by atoms with Crippen LogP contribution in [0.2, 0.25) is 0 Å². The van der Waals surface area contributed by atoms with Crippen molar-refractivity contribution in [3.63, 3.8) is 0 Å². The Bertz CT molecular complexity index is 882. The van der Waals surface area contributed by atoms with Crippen LogP contribution in [-0.4, -0.2) is 53.6 Å². The van der Waals surface area contributed by atoms with Gasteiger partial charge in [-0.05, 0) is 31.2 Å². The number of aromatic nitrogens is 2. The fourth-order valence-electron chi connectivity index (χ4n) is 4.30. The Morgan fingerprint density at radius 3 is 2.86 bits per heavy atom. The average molecular weight is 380 g/mol. The molecule has 1 unspecified atom stereocenters. The number of rotatable bonds is 3. The maximum Gasteiger partial charge on any atom is 0.325 e. The largest absolute Gasteiger partial charge is 0.468 e. The number of nitrogens with one attached hydrogen (secondary N) is 1. The van der Waals surface area contributed by atoms with E-state index in [1.165, 1.54) is 12.7 Å². The van der Waals surface area contributed by atoms with Gasteiger partial charge in [0.05, 0.1) is 12.8 Å². The molecule has 28 heavy (non-hydrogen) atoms. The lowest BCUT2D eigenvalue weighted by Gasteiger charge is -2.40. The molecule has 146 valence electrons. The monoisotopic (exact) mass is 380 g/mol. The van der Waals surface area contributed by atoms with Crippen LogP contribution in [0.5, 0.6) is 0 Å². The van der Waals surface area contributed by atoms with Gasteiger partial charge in [0.25, 0.3) is 0 Å². The Kier molecular flexibility index (Phi) is 4.98. The number of urea groups is 1. The van der Waals surface area contributed by atoms with Crippen LogP contribution < -0.4 is 5.32 Å². The summed E-state index contributed by atoms with van der Waals surface area (Å²) in [7, 11) is 1.31. The van der Waals surface area contributed by atoms with Crippen LogP contribution in [0, 0.1) is 0 Å². The third kappa shape index (κ3) is 3.44. The van der Waals surface area contributed by atoms with E-state index in [0.717, 1.165) is 42.8 Å². The number of aryl methyl sites for hydroxylation is 1. The van der Waals surface area contributed by atoms with Crippen LogP contribution in [-0.2, 0) is 21.4 Å². The van der Waals surface area contributed by atoms with Crippen molar-refractivity contribution in [3.8, 4) is 11.4 Å². The number of benzene rings is 1. The van der Waals surface area contributed by atoms with Gasteiger partial charge in [-0.3, -0.25) is 4.79 Å². The van der Waals surface area contributed by atoms with Gasteiger partial charge in [-0.15, -0.1) is 0 Å². The molecule has 2 amide bonds. The zero-order valence-electron chi connectivity index (χ0n) is 16.0. The van der Waals surface area contributed by atoms with E-state index in [9.17, 15) is 9.59 Å². The molecule has 1 saturated heterocycles. The summed E-state index contributed by atoms with van der Waals surface area (Å²) >= 11 is 0. The third-order valence-corrected chi connectivity index (χ3v) is 5.75. The van der Waals surface area contributed by atoms with Gasteiger partial charge in [0.1, 0.15) is 6.54 Å². The lowest BCUT2D eigenvalue weighted by Crippen LogP contribution is -2.52. The highest BCUT2D eigenvalue weighted by molar-refractivity contribution is 5.81. The number of likely N-dealkylation sites (tertiary alicyclic amines) is 1. The number of amides is 2. The number of ether oxygens (including phenoxy) is 1. The Morgan fingerprint density at radius 1 is 1.25 bits per heavy atom. The fraction of sp³-hybridized carbons (Fsp3) is 0.429. The predicted octanol–water partition coefficient (Wildman–Crippen LogP) is 2.31. The van der Waals surface area contributed by atoms with Crippen molar-refractivity contribution in [1.29, 1.82) is 0 Å². The summed E-state index contributed by atoms with van der Waals surface area (Å²) in [5.74, 6) is 0.277. The van der Waals surface area contributed by atoms with E-state index in [1.807, 2.05) is 36.5 Å². The first-order valence-electron chi connectivity index (χ1n) is 9.63. The molecule has 1 aromatic heterocycles. The number of piperidine rings is 1. The highest BCUT2D eigenvalue weighted by atomic mass is 16.5. The van der Waals surface area contributed by atoms with Gasteiger partial charge in [0.2, 0.25) is 0 Å². The summed E-state index contributed by atoms with van der Waals surface area (Å²) in [6.45, 7) is 1.18. The molecule has 2 aliphatic rings. The van der Waals surface area contributed by atoms with Gasteiger partial charge in [0, 0.05) is 30.3 Å². The lowest BCUT2D eigenvalue weighted by molar-refractivity contribution is -0.139. The van der Waals surface area contributed by atoms with Crippen LogP contribution in [0.3, 0.4) is 0 Å². The van der Waals surface area contributed by atoms with Crippen molar-refractivity contribution in [3.05, 3.63) is 47.8 Å². The fourth-order valence-corrected chi connectivity index (χ4v) is 4.30. The number of nitrogens with zero attached hydrogens (tertiary/aromatic N) is 3. The Balaban J connectivity index is 1.56. The molecule has 0 radical (unpaired) electrons. The topological polar surface area (TPSA) is 84.4 Å². The highest BCUT2D eigenvalue weighted by Gasteiger charge is 2.44. The summed E-state index contributed by atoms with van der Waals surface area (Å²) in [6, 6.07) is 9.73. The zero-order chi connectivity index (χ0) is 19.6. The van der Waals surface area contributed by atoms with E-state index >= 15 is 0 Å². The summed E-state index contributed by atoms with van der Waals surface area (Å²) in [6.07, 6.45) is 5.76. The molecule has 1 aliphatic carbocycles. The minimum absolute atomic E-state index is 0.115. The molecule has 7 nitrogen and oxygen atoms in total. The average Bonchev–Trinajstić information content (AvgIpc) is 3.09.